The molecule has 4 heteroatoms. The van der Waals surface area contributed by atoms with E-state index in [1.165, 1.54) is 0 Å². The molecule has 1 fully saturated rings. The van der Waals surface area contributed by atoms with Crippen LogP contribution < -0.4 is 5.32 Å². The van der Waals surface area contributed by atoms with Gasteiger partial charge >= 0.3 is 0 Å². The Morgan fingerprint density at radius 2 is 2.06 bits per heavy atom. The molecule has 104 valence electrons. The van der Waals surface area contributed by atoms with E-state index in [-0.39, 0.29) is 5.91 Å². The molecule has 0 bridgehead atoms. The molecule has 0 aliphatic carbocycles. The van der Waals surface area contributed by atoms with E-state index in [4.69, 9.17) is 9.47 Å². The van der Waals surface area contributed by atoms with E-state index < -0.39 is 5.79 Å². The minimum absolute atomic E-state index is 0.0158. The van der Waals surface area contributed by atoms with Gasteiger partial charge in [-0.15, -0.1) is 0 Å². The zero-order valence-corrected chi connectivity index (χ0v) is 11.9. The average Bonchev–Trinajstić information content (AvgIpc) is 2.72. The van der Waals surface area contributed by atoms with Gasteiger partial charge in [0.1, 0.15) is 0 Å². The largest absolute Gasteiger partial charge is 0.352 e. The van der Waals surface area contributed by atoms with Crippen LogP contribution in [0.5, 0.6) is 0 Å². The van der Waals surface area contributed by atoms with Crippen LogP contribution in [0.15, 0.2) is 11.6 Å². The fraction of sp³-hybridized carbons (Fsp3) is 0.786. The maximum absolute atomic E-state index is 11.7. The van der Waals surface area contributed by atoms with Gasteiger partial charge in [-0.25, -0.2) is 0 Å². The van der Waals surface area contributed by atoms with E-state index in [1.54, 1.807) is 0 Å². The van der Waals surface area contributed by atoms with E-state index >= 15 is 0 Å². The summed E-state index contributed by atoms with van der Waals surface area (Å²) in [6.07, 6.45) is 3.61. The van der Waals surface area contributed by atoms with Crippen molar-refractivity contribution in [2.45, 2.75) is 46.3 Å². The first-order valence-corrected chi connectivity index (χ1v) is 6.69. The van der Waals surface area contributed by atoms with Gasteiger partial charge in [0.05, 0.1) is 13.2 Å². The average molecular weight is 255 g/mol. The van der Waals surface area contributed by atoms with Crippen molar-refractivity contribution in [3.05, 3.63) is 11.6 Å². The molecule has 0 spiro atoms. The lowest BCUT2D eigenvalue weighted by Crippen LogP contribution is -2.34. The molecule has 0 aromatic rings. The number of hydrogen-bond acceptors (Lipinski definition) is 3. The van der Waals surface area contributed by atoms with Crippen LogP contribution in [0, 0.1) is 5.92 Å². The monoisotopic (exact) mass is 255 g/mol. The minimum atomic E-state index is -0.474. The van der Waals surface area contributed by atoms with Gasteiger partial charge in [0.2, 0.25) is 5.91 Å². The summed E-state index contributed by atoms with van der Waals surface area (Å²) in [7, 11) is 0. The lowest BCUT2D eigenvalue weighted by atomic mass is 10.0. The zero-order chi connectivity index (χ0) is 13.6. The Hall–Kier alpha value is -0.870. The van der Waals surface area contributed by atoms with Crippen molar-refractivity contribution in [2.24, 2.45) is 5.92 Å². The highest BCUT2D eigenvalue weighted by Crippen LogP contribution is 2.26. The third-order valence-corrected chi connectivity index (χ3v) is 3.10. The Morgan fingerprint density at radius 3 is 2.61 bits per heavy atom. The lowest BCUT2D eigenvalue weighted by molar-refractivity contribution is -0.154. The number of carbonyl (C=O) groups excluding carboxylic acids is 1. The second-order valence-corrected chi connectivity index (χ2v) is 5.15. The van der Waals surface area contributed by atoms with Gasteiger partial charge < -0.3 is 14.8 Å². The van der Waals surface area contributed by atoms with Crippen LogP contribution in [0.25, 0.3) is 0 Å². The maximum atomic E-state index is 11.7. The summed E-state index contributed by atoms with van der Waals surface area (Å²) in [6, 6.07) is 0. The summed E-state index contributed by atoms with van der Waals surface area (Å²) in [4.78, 5) is 11.7. The fourth-order valence-electron chi connectivity index (χ4n) is 2.19. The summed E-state index contributed by atoms with van der Waals surface area (Å²) in [5.41, 5.74) is 0.782. The Bertz CT molecular complexity index is 306. The number of amides is 1. The number of allylic oxidation sites excluding steroid dienone is 1. The number of nitrogens with one attached hydrogen (secondary N) is 1. The highest BCUT2D eigenvalue weighted by molar-refractivity contribution is 5.92. The zero-order valence-electron chi connectivity index (χ0n) is 11.9. The molecule has 0 saturated carbocycles. The van der Waals surface area contributed by atoms with Crippen LogP contribution in [0.2, 0.25) is 0 Å². The van der Waals surface area contributed by atoms with E-state index in [1.807, 2.05) is 26.8 Å². The van der Waals surface area contributed by atoms with Crippen molar-refractivity contribution in [1.82, 2.24) is 5.32 Å². The summed E-state index contributed by atoms with van der Waals surface area (Å²) >= 11 is 0. The first-order chi connectivity index (χ1) is 8.47. The molecule has 1 aliphatic heterocycles. The fourth-order valence-corrected chi connectivity index (χ4v) is 2.19. The van der Waals surface area contributed by atoms with Crippen LogP contribution in [-0.2, 0) is 14.3 Å². The van der Waals surface area contributed by atoms with Crippen molar-refractivity contribution in [3.8, 4) is 0 Å². The molecule has 1 rings (SSSR count). The topological polar surface area (TPSA) is 47.6 Å². The summed E-state index contributed by atoms with van der Waals surface area (Å²) in [6.45, 7) is 9.89. The first-order valence-electron chi connectivity index (χ1n) is 6.69. The maximum Gasteiger partial charge on any atom is 0.246 e. The normalized spacial score (nSPS) is 20.8. The van der Waals surface area contributed by atoms with Gasteiger partial charge in [0.15, 0.2) is 5.79 Å². The summed E-state index contributed by atoms with van der Waals surface area (Å²) < 4.78 is 11.1. The van der Waals surface area contributed by atoms with Crippen LogP contribution >= 0.6 is 0 Å². The minimum Gasteiger partial charge on any atom is -0.352 e. The van der Waals surface area contributed by atoms with Gasteiger partial charge in [0.25, 0.3) is 0 Å². The summed E-state index contributed by atoms with van der Waals surface area (Å²) in [5, 5.41) is 2.94. The van der Waals surface area contributed by atoms with Crippen LogP contribution in [0.1, 0.15) is 40.5 Å². The van der Waals surface area contributed by atoms with Crippen molar-refractivity contribution in [3.63, 3.8) is 0 Å². The quantitative estimate of drug-likeness (QED) is 0.740. The van der Waals surface area contributed by atoms with E-state index in [2.05, 4.69) is 12.2 Å². The molecule has 18 heavy (non-hydrogen) atoms. The molecule has 0 radical (unpaired) electrons. The van der Waals surface area contributed by atoms with E-state index in [0.29, 0.717) is 25.7 Å². The van der Waals surface area contributed by atoms with Crippen molar-refractivity contribution in [2.75, 3.05) is 19.8 Å². The van der Waals surface area contributed by atoms with E-state index in [9.17, 15) is 4.79 Å². The third-order valence-electron chi connectivity index (χ3n) is 3.10. The molecule has 1 heterocycles. The highest BCUT2D eigenvalue weighted by Gasteiger charge is 2.32. The Morgan fingerprint density at radius 1 is 1.44 bits per heavy atom. The van der Waals surface area contributed by atoms with Gasteiger partial charge in [0, 0.05) is 18.5 Å². The van der Waals surface area contributed by atoms with Crippen LogP contribution in [0.4, 0.5) is 0 Å². The highest BCUT2D eigenvalue weighted by atomic mass is 16.7. The molecule has 1 atom stereocenters. The number of hydrogen-bond donors (Lipinski definition) is 1. The van der Waals surface area contributed by atoms with Crippen LogP contribution in [-0.4, -0.2) is 31.5 Å². The Labute approximate surface area is 110 Å². The van der Waals surface area contributed by atoms with Gasteiger partial charge in [-0.1, -0.05) is 19.9 Å². The van der Waals surface area contributed by atoms with Gasteiger partial charge in [-0.05, 0) is 26.2 Å². The molecule has 1 aliphatic rings. The van der Waals surface area contributed by atoms with Crippen molar-refractivity contribution in [1.29, 1.82) is 0 Å². The number of carbonyl (C=O) groups is 1. The standard InChI is InChI=1S/C14H25NO3/c1-5-6-12(3)13(16)15-10-11(2)9-14(4)17-7-8-18-14/h6,11H,5,7-10H2,1-4H3,(H,15,16)/b12-6+/t11-/m1/s1. The van der Waals surface area contributed by atoms with Gasteiger partial charge in [-0.2, -0.15) is 0 Å². The molecule has 1 saturated heterocycles. The third kappa shape index (κ3) is 4.78. The molecular formula is C14H25NO3. The second-order valence-electron chi connectivity index (χ2n) is 5.15. The Balaban J connectivity index is 2.30. The molecule has 1 amide bonds. The number of ether oxygens (including phenoxy) is 2. The molecule has 0 aromatic heterocycles. The van der Waals surface area contributed by atoms with E-state index in [0.717, 1.165) is 18.4 Å². The molecular weight excluding hydrogens is 230 g/mol. The van der Waals surface area contributed by atoms with Crippen LogP contribution in [0.3, 0.4) is 0 Å². The van der Waals surface area contributed by atoms with Crippen molar-refractivity contribution < 1.29 is 14.3 Å². The first kappa shape index (κ1) is 15.2. The number of rotatable bonds is 6. The lowest BCUT2D eigenvalue weighted by Gasteiger charge is -2.26. The Kier molecular flexibility index (Phi) is 5.82. The van der Waals surface area contributed by atoms with Crippen molar-refractivity contribution >= 4 is 5.91 Å². The predicted octanol–water partition coefficient (Wildman–Crippen LogP) is 2.25. The van der Waals surface area contributed by atoms with Gasteiger partial charge in [-0.3, -0.25) is 4.79 Å². The predicted molar refractivity (Wildman–Crippen MR) is 71.1 cm³/mol. The molecule has 4 nitrogen and oxygen atoms in total. The SMILES string of the molecule is CC/C=C(\C)C(=O)NC[C@H](C)CC1(C)OCCO1. The molecule has 1 N–H and O–H groups in total. The second kappa shape index (κ2) is 6.90. The summed E-state index contributed by atoms with van der Waals surface area (Å²) in [5.74, 6) is -0.132. The molecule has 0 aromatic carbocycles. The smallest absolute Gasteiger partial charge is 0.246 e. The molecule has 0 unspecified atom stereocenters.